The molecule has 2 heteroatoms. The predicted octanol–water partition coefficient (Wildman–Crippen LogP) is 1.09. The van der Waals surface area contributed by atoms with Gasteiger partial charge in [-0.15, -0.1) is 0 Å². The van der Waals surface area contributed by atoms with Gasteiger partial charge in [0.2, 0.25) is 0 Å². The molecule has 1 aromatic rings. The Morgan fingerprint density at radius 1 is 1.09 bits per heavy atom. The molecular weight excluding hydrogens is 138 g/mol. The molecule has 0 amide bonds. The van der Waals surface area contributed by atoms with Crippen molar-refractivity contribution in [1.29, 1.82) is 0 Å². The number of aryl methyl sites for hydroxylation is 2. The summed E-state index contributed by atoms with van der Waals surface area (Å²) in [4.78, 5) is 10.3. The Labute approximate surface area is 66.2 Å². The first kappa shape index (κ1) is 7.92. The van der Waals surface area contributed by atoms with E-state index in [1.807, 2.05) is 31.2 Å². The van der Waals surface area contributed by atoms with Crippen LogP contribution in [0.1, 0.15) is 16.7 Å². The first-order chi connectivity index (χ1) is 5.15. The molecule has 0 fully saturated rings. The van der Waals surface area contributed by atoms with Gasteiger partial charge >= 0.3 is 0 Å². The summed E-state index contributed by atoms with van der Waals surface area (Å²) in [5, 5.41) is 1.89. The Balaban J connectivity index is 3.31. The fourth-order valence-corrected chi connectivity index (χ4v) is 1.09. The highest BCUT2D eigenvalue weighted by Crippen LogP contribution is 2.15. The maximum absolute atomic E-state index is 10.3. The lowest BCUT2D eigenvalue weighted by atomic mass is 10.0. The van der Waals surface area contributed by atoms with Crippen LogP contribution in [0.2, 0.25) is 0 Å². The van der Waals surface area contributed by atoms with Gasteiger partial charge in [0.1, 0.15) is 0 Å². The van der Waals surface area contributed by atoms with Crippen LogP contribution < -0.4 is 5.18 Å². The Morgan fingerprint density at radius 3 is 1.91 bits per heavy atom. The highest BCUT2D eigenvalue weighted by molar-refractivity contribution is 5.42. The number of hydrogen-bond donors (Lipinski definition) is 1. The summed E-state index contributed by atoms with van der Waals surface area (Å²) in [6, 6.07) is 3.71. The van der Waals surface area contributed by atoms with Gasteiger partial charge in [-0.2, -0.15) is 0 Å². The summed E-state index contributed by atoms with van der Waals surface area (Å²) < 4.78 is 0. The molecule has 0 aromatic heterocycles. The van der Waals surface area contributed by atoms with Gasteiger partial charge in [0.25, 0.3) is 5.69 Å². The second-order valence-electron chi connectivity index (χ2n) is 2.84. The first-order valence-electron chi connectivity index (χ1n) is 3.61. The molecule has 1 aromatic carbocycles. The number of benzene rings is 1. The monoisotopic (exact) mass is 150 g/mol. The second kappa shape index (κ2) is 2.82. The minimum atomic E-state index is 0.644. The highest BCUT2D eigenvalue weighted by Gasteiger charge is 2.03. The summed E-state index contributed by atoms with van der Waals surface area (Å²) in [7, 11) is 0. The maximum atomic E-state index is 10.3. The van der Waals surface area contributed by atoms with Gasteiger partial charge in [-0.1, -0.05) is 0 Å². The molecule has 0 unspecified atom stereocenters. The van der Waals surface area contributed by atoms with E-state index < -0.39 is 0 Å². The van der Waals surface area contributed by atoms with E-state index in [4.69, 9.17) is 0 Å². The topological polar surface area (TPSA) is 31.0 Å². The molecular formula is C9H12NO+. The van der Waals surface area contributed by atoms with Crippen LogP contribution in [0.3, 0.4) is 0 Å². The van der Waals surface area contributed by atoms with Gasteiger partial charge < -0.3 is 0 Å². The third-order valence-corrected chi connectivity index (χ3v) is 2.04. The lowest BCUT2D eigenvalue weighted by Gasteiger charge is -2.00. The van der Waals surface area contributed by atoms with Crippen molar-refractivity contribution in [2.24, 2.45) is 0 Å². The fraction of sp³-hybridized carbons (Fsp3) is 0.333. The average molecular weight is 150 g/mol. The molecule has 1 N–H and O–H groups in total. The minimum absolute atomic E-state index is 0.644. The zero-order valence-corrected chi connectivity index (χ0v) is 7.06. The van der Waals surface area contributed by atoms with E-state index >= 15 is 0 Å². The van der Waals surface area contributed by atoms with Crippen LogP contribution in [-0.4, -0.2) is 0 Å². The minimum Gasteiger partial charge on any atom is -0.0448 e. The summed E-state index contributed by atoms with van der Waals surface area (Å²) in [5.74, 6) is 0. The molecule has 2 nitrogen and oxygen atoms in total. The normalized spacial score (nSPS) is 9.73. The quantitative estimate of drug-likeness (QED) is 0.638. The number of nitrogens with one attached hydrogen (secondary N) is 1. The van der Waals surface area contributed by atoms with Crippen molar-refractivity contribution in [3.05, 3.63) is 33.7 Å². The molecule has 0 spiro atoms. The van der Waals surface area contributed by atoms with E-state index in [9.17, 15) is 4.91 Å². The largest absolute Gasteiger partial charge is 0.253 e. The van der Waals surface area contributed by atoms with E-state index in [1.165, 1.54) is 5.56 Å². The van der Waals surface area contributed by atoms with Crippen LogP contribution >= 0.6 is 0 Å². The molecule has 1 rings (SSSR count). The molecule has 0 saturated heterocycles. The molecule has 0 saturated carbocycles. The first-order valence-corrected chi connectivity index (χ1v) is 3.61. The lowest BCUT2D eigenvalue weighted by molar-refractivity contribution is -0.379. The summed E-state index contributed by atoms with van der Waals surface area (Å²) in [6.45, 7) is 6.06. The highest BCUT2D eigenvalue weighted by atomic mass is 16.3. The van der Waals surface area contributed by atoms with Crippen molar-refractivity contribution in [2.45, 2.75) is 20.8 Å². The average Bonchev–Trinajstić information content (AvgIpc) is 1.99. The summed E-state index contributed by atoms with van der Waals surface area (Å²) in [5.41, 5.74) is 4.21. The molecule has 58 valence electrons. The molecule has 0 atom stereocenters. The van der Waals surface area contributed by atoms with E-state index in [2.05, 4.69) is 6.92 Å². The Morgan fingerprint density at radius 2 is 1.55 bits per heavy atom. The molecule has 11 heavy (non-hydrogen) atoms. The molecule has 0 radical (unpaired) electrons. The van der Waals surface area contributed by atoms with Crippen LogP contribution in [0.15, 0.2) is 12.1 Å². The molecule has 0 aliphatic heterocycles. The van der Waals surface area contributed by atoms with Crippen LogP contribution in [-0.2, 0) is 0 Å². The van der Waals surface area contributed by atoms with Crippen molar-refractivity contribution < 1.29 is 5.18 Å². The molecule has 0 aliphatic rings. The van der Waals surface area contributed by atoms with Crippen molar-refractivity contribution in [1.82, 2.24) is 0 Å². The van der Waals surface area contributed by atoms with E-state index in [1.54, 1.807) is 0 Å². The van der Waals surface area contributed by atoms with Crippen molar-refractivity contribution in [3.63, 3.8) is 0 Å². The Hall–Kier alpha value is -1.18. The van der Waals surface area contributed by atoms with Gasteiger partial charge in [-0.25, -0.2) is 0 Å². The SMILES string of the molecule is Cc1cc([NH+]=O)cc(C)c1C. The van der Waals surface area contributed by atoms with E-state index in [0.717, 1.165) is 11.1 Å². The van der Waals surface area contributed by atoms with Crippen LogP contribution in [0, 0.1) is 25.7 Å². The number of nitroso groups, excluding NO2 is 1. The number of rotatable bonds is 1. The predicted molar refractivity (Wildman–Crippen MR) is 44.6 cm³/mol. The summed E-state index contributed by atoms with van der Waals surface area (Å²) in [6.07, 6.45) is 0. The van der Waals surface area contributed by atoms with Crippen molar-refractivity contribution in [3.8, 4) is 0 Å². The second-order valence-corrected chi connectivity index (χ2v) is 2.84. The molecule has 0 aliphatic carbocycles. The van der Waals surface area contributed by atoms with Gasteiger partial charge in [0, 0.05) is 22.2 Å². The standard InChI is InChI=1S/C9H11NO/c1-6-4-9(10-11)5-7(2)8(6)3/h4-5H,1-3H3/p+1. The Kier molecular flexibility index (Phi) is 2.03. The Bertz CT molecular complexity index is 269. The zero-order valence-electron chi connectivity index (χ0n) is 7.06. The lowest BCUT2D eigenvalue weighted by Crippen LogP contribution is -2.55. The van der Waals surface area contributed by atoms with Crippen LogP contribution in [0.4, 0.5) is 5.69 Å². The van der Waals surface area contributed by atoms with E-state index in [-0.39, 0.29) is 0 Å². The smallest absolute Gasteiger partial charge is 0.0448 e. The molecule has 0 bridgehead atoms. The third-order valence-electron chi connectivity index (χ3n) is 2.04. The van der Waals surface area contributed by atoms with Gasteiger partial charge in [0.05, 0.1) is 0 Å². The van der Waals surface area contributed by atoms with Crippen LogP contribution in [0.25, 0.3) is 0 Å². The van der Waals surface area contributed by atoms with Crippen molar-refractivity contribution >= 4 is 5.69 Å². The molecule has 0 heterocycles. The number of hydrogen-bond acceptors (Lipinski definition) is 1. The van der Waals surface area contributed by atoms with Crippen LogP contribution in [0.5, 0.6) is 0 Å². The zero-order chi connectivity index (χ0) is 8.43. The van der Waals surface area contributed by atoms with Gasteiger partial charge in [0.15, 0.2) is 0 Å². The summed E-state index contributed by atoms with van der Waals surface area (Å²) >= 11 is 0. The van der Waals surface area contributed by atoms with Gasteiger partial charge in [-0.3, -0.25) is 0 Å². The maximum Gasteiger partial charge on any atom is 0.253 e. The fourth-order valence-electron chi connectivity index (χ4n) is 1.09. The third kappa shape index (κ3) is 1.45. The van der Waals surface area contributed by atoms with Gasteiger partial charge in [-0.05, 0) is 37.5 Å². The van der Waals surface area contributed by atoms with E-state index in [0.29, 0.717) is 5.69 Å². The van der Waals surface area contributed by atoms with Crippen molar-refractivity contribution in [2.75, 3.05) is 0 Å².